The number of hydrogen-bond acceptors (Lipinski definition) is 5. The van der Waals surface area contributed by atoms with E-state index in [4.69, 9.17) is 30.5 Å². The molecule has 216 valence electrons. The highest BCUT2D eigenvalue weighted by Gasteiger charge is 2.33. The maximum Gasteiger partial charge on any atom is 0.329 e. The standard InChI is InChI=1S/C33H47ClO5/c1-4-26(2)31(34)32(35)39-30-19-15-28(16-20-30)27-13-17-29(18-14-27)38-22-12-10-8-6-5-7-9-11-21-36-23-33(3)24-37-25-33/h13-20,26,31H,4-12,21-25H2,1-3H3/t26-,31-/m0/s1. The average Bonchev–Trinajstić information content (AvgIpc) is 2.94. The van der Waals surface area contributed by atoms with Gasteiger partial charge in [0.2, 0.25) is 0 Å². The molecular formula is C33H47ClO5. The molecular weight excluding hydrogens is 512 g/mol. The quantitative estimate of drug-likeness (QED) is 0.0749. The molecule has 0 spiro atoms. The SMILES string of the molecule is CC[C@H](C)[C@H](Cl)C(=O)Oc1ccc(-c2ccc(OCCCCCCCCCCOCC3(C)COC3)cc2)cc1. The third-order valence-electron chi connectivity index (χ3n) is 7.43. The van der Waals surface area contributed by atoms with Crippen LogP contribution in [0, 0.1) is 11.3 Å². The van der Waals surface area contributed by atoms with Gasteiger partial charge in [0.15, 0.2) is 0 Å². The number of benzene rings is 2. The molecule has 0 amide bonds. The number of ether oxygens (including phenoxy) is 4. The first kappa shape index (κ1) is 31.4. The molecule has 5 nitrogen and oxygen atoms in total. The Hall–Kier alpha value is -2.08. The second-order valence-electron chi connectivity index (χ2n) is 11.3. The van der Waals surface area contributed by atoms with Gasteiger partial charge >= 0.3 is 5.97 Å². The summed E-state index contributed by atoms with van der Waals surface area (Å²) in [6.45, 7) is 10.3. The van der Waals surface area contributed by atoms with Gasteiger partial charge < -0.3 is 18.9 Å². The highest BCUT2D eigenvalue weighted by atomic mass is 35.5. The van der Waals surface area contributed by atoms with Crippen LogP contribution in [0.3, 0.4) is 0 Å². The van der Waals surface area contributed by atoms with E-state index < -0.39 is 11.3 Å². The van der Waals surface area contributed by atoms with Gasteiger partial charge in [-0.05, 0) is 54.2 Å². The van der Waals surface area contributed by atoms with Gasteiger partial charge in [-0.3, -0.25) is 4.79 Å². The van der Waals surface area contributed by atoms with Crippen LogP contribution in [0.15, 0.2) is 48.5 Å². The molecule has 1 aliphatic rings. The number of rotatable bonds is 19. The molecule has 1 fully saturated rings. The Morgan fingerprint density at radius 3 is 1.87 bits per heavy atom. The van der Waals surface area contributed by atoms with Crippen molar-refractivity contribution in [3.05, 3.63) is 48.5 Å². The first-order chi connectivity index (χ1) is 18.9. The molecule has 0 N–H and O–H groups in total. The Morgan fingerprint density at radius 1 is 0.846 bits per heavy atom. The molecule has 2 atom stereocenters. The number of carbonyl (C=O) groups excluding carboxylic acids is 1. The number of halogens is 1. The lowest BCUT2D eigenvalue weighted by Gasteiger charge is -2.37. The van der Waals surface area contributed by atoms with E-state index in [0.717, 1.165) is 69.2 Å². The first-order valence-corrected chi connectivity index (χ1v) is 15.2. The van der Waals surface area contributed by atoms with Crippen molar-refractivity contribution in [2.45, 2.75) is 83.9 Å². The van der Waals surface area contributed by atoms with Crippen molar-refractivity contribution in [2.75, 3.05) is 33.0 Å². The second kappa shape index (κ2) is 16.9. The van der Waals surface area contributed by atoms with E-state index in [2.05, 4.69) is 19.1 Å². The minimum absolute atomic E-state index is 0.0760. The molecule has 2 aromatic carbocycles. The van der Waals surface area contributed by atoms with Crippen molar-refractivity contribution in [2.24, 2.45) is 11.3 Å². The predicted molar refractivity (Wildman–Crippen MR) is 159 cm³/mol. The van der Waals surface area contributed by atoms with Gasteiger partial charge in [-0.25, -0.2) is 0 Å². The lowest BCUT2D eigenvalue weighted by molar-refractivity contribution is -0.137. The molecule has 0 radical (unpaired) electrons. The van der Waals surface area contributed by atoms with Gasteiger partial charge in [0.25, 0.3) is 0 Å². The van der Waals surface area contributed by atoms with Crippen LogP contribution < -0.4 is 9.47 Å². The monoisotopic (exact) mass is 558 g/mol. The topological polar surface area (TPSA) is 54.0 Å². The van der Waals surface area contributed by atoms with Gasteiger partial charge in [0, 0.05) is 12.0 Å². The van der Waals surface area contributed by atoms with Crippen LogP contribution in [0.25, 0.3) is 11.1 Å². The van der Waals surface area contributed by atoms with Gasteiger partial charge in [-0.2, -0.15) is 0 Å². The summed E-state index contributed by atoms with van der Waals surface area (Å²) in [4.78, 5) is 12.2. The maximum atomic E-state index is 12.2. The van der Waals surface area contributed by atoms with Crippen molar-refractivity contribution in [1.29, 1.82) is 0 Å². The number of carbonyl (C=O) groups is 1. The summed E-state index contributed by atoms with van der Waals surface area (Å²) < 4.78 is 22.4. The Balaban J connectivity index is 1.21. The molecule has 0 unspecified atom stereocenters. The van der Waals surface area contributed by atoms with Crippen molar-refractivity contribution in [3.63, 3.8) is 0 Å². The Kier molecular flexibility index (Phi) is 13.6. The first-order valence-electron chi connectivity index (χ1n) is 14.7. The van der Waals surface area contributed by atoms with Gasteiger partial charge in [-0.15, -0.1) is 11.6 Å². The van der Waals surface area contributed by atoms with Crippen molar-refractivity contribution >= 4 is 17.6 Å². The zero-order valence-electron chi connectivity index (χ0n) is 24.1. The molecule has 0 aliphatic carbocycles. The van der Waals surface area contributed by atoms with Crippen LogP contribution in [0.5, 0.6) is 11.5 Å². The van der Waals surface area contributed by atoms with Gasteiger partial charge in [0.1, 0.15) is 16.9 Å². The minimum atomic E-state index is -0.635. The third-order valence-corrected chi connectivity index (χ3v) is 8.04. The number of alkyl halides is 1. The van der Waals surface area contributed by atoms with Crippen LogP contribution in [-0.2, 0) is 14.3 Å². The number of unbranched alkanes of at least 4 members (excludes halogenated alkanes) is 7. The van der Waals surface area contributed by atoms with E-state index in [9.17, 15) is 4.79 Å². The summed E-state index contributed by atoms with van der Waals surface area (Å²) in [5.74, 6) is 1.07. The number of hydrogen-bond donors (Lipinski definition) is 0. The second-order valence-corrected chi connectivity index (χ2v) is 11.8. The van der Waals surface area contributed by atoms with Crippen LogP contribution in [0.2, 0.25) is 0 Å². The minimum Gasteiger partial charge on any atom is -0.494 e. The Bertz CT molecular complexity index is 955. The maximum absolute atomic E-state index is 12.2. The fraction of sp³-hybridized carbons (Fsp3) is 0.606. The summed E-state index contributed by atoms with van der Waals surface area (Å²) >= 11 is 6.19. The molecule has 1 saturated heterocycles. The van der Waals surface area contributed by atoms with Gasteiger partial charge in [-0.1, -0.05) is 90.0 Å². The van der Waals surface area contributed by atoms with E-state index in [1.165, 1.54) is 38.5 Å². The normalized spacial score (nSPS) is 15.8. The van der Waals surface area contributed by atoms with Gasteiger partial charge in [0.05, 0.1) is 26.4 Å². The molecule has 1 aliphatic heterocycles. The average molecular weight is 559 g/mol. The lowest BCUT2D eigenvalue weighted by atomic mass is 9.90. The molecule has 0 bridgehead atoms. The molecule has 0 saturated carbocycles. The third kappa shape index (κ3) is 11.1. The Morgan fingerprint density at radius 2 is 1.36 bits per heavy atom. The summed E-state index contributed by atoms with van der Waals surface area (Å²) in [6, 6.07) is 15.6. The zero-order valence-corrected chi connectivity index (χ0v) is 24.8. The van der Waals surface area contributed by atoms with E-state index in [1.54, 1.807) is 12.1 Å². The van der Waals surface area contributed by atoms with Crippen LogP contribution in [0.1, 0.15) is 78.6 Å². The smallest absolute Gasteiger partial charge is 0.329 e. The van der Waals surface area contributed by atoms with Crippen molar-refractivity contribution in [1.82, 2.24) is 0 Å². The van der Waals surface area contributed by atoms with Crippen LogP contribution in [-0.4, -0.2) is 44.4 Å². The fourth-order valence-corrected chi connectivity index (χ4v) is 4.70. The summed E-state index contributed by atoms with van der Waals surface area (Å²) in [6.07, 6.45) is 10.7. The molecule has 3 rings (SSSR count). The summed E-state index contributed by atoms with van der Waals surface area (Å²) in [5, 5.41) is -0.635. The lowest BCUT2D eigenvalue weighted by Crippen LogP contribution is -2.43. The van der Waals surface area contributed by atoms with E-state index in [-0.39, 0.29) is 11.3 Å². The molecule has 39 heavy (non-hydrogen) atoms. The Labute approximate surface area is 240 Å². The van der Waals surface area contributed by atoms with E-state index >= 15 is 0 Å². The zero-order chi connectivity index (χ0) is 27.9. The van der Waals surface area contributed by atoms with E-state index in [1.807, 2.05) is 38.1 Å². The summed E-state index contributed by atoms with van der Waals surface area (Å²) in [5.41, 5.74) is 2.41. The molecule has 1 heterocycles. The highest BCUT2D eigenvalue weighted by Crippen LogP contribution is 2.27. The molecule has 6 heteroatoms. The van der Waals surface area contributed by atoms with Crippen molar-refractivity contribution in [3.8, 4) is 22.6 Å². The van der Waals surface area contributed by atoms with Crippen LogP contribution in [0.4, 0.5) is 0 Å². The molecule has 0 aromatic heterocycles. The largest absolute Gasteiger partial charge is 0.494 e. The molecule has 2 aromatic rings. The summed E-state index contributed by atoms with van der Waals surface area (Å²) in [7, 11) is 0. The van der Waals surface area contributed by atoms with Crippen molar-refractivity contribution < 1.29 is 23.7 Å². The van der Waals surface area contributed by atoms with Crippen LogP contribution >= 0.6 is 11.6 Å². The van der Waals surface area contributed by atoms with E-state index in [0.29, 0.717) is 5.75 Å². The fourth-order valence-electron chi connectivity index (χ4n) is 4.48. The number of esters is 1. The predicted octanol–water partition coefficient (Wildman–Crippen LogP) is 8.47. The highest BCUT2D eigenvalue weighted by molar-refractivity contribution is 6.30.